The van der Waals surface area contributed by atoms with Gasteiger partial charge in [0.05, 0.1) is 5.69 Å². The number of hydrogen-bond donors (Lipinski definition) is 4. The molecule has 0 aliphatic heterocycles. The summed E-state index contributed by atoms with van der Waals surface area (Å²) in [5, 5.41) is 2.35. The first-order valence-electron chi connectivity index (χ1n) is 9.18. The number of nitrogens with two attached hydrogens (primary N) is 2. The Kier molecular flexibility index (Phi) is 3.76. The van der Waals surface area contributed by atoms with Crippen molar-refractivity contribution in [3.8, 4) is 0 Å². The zero-order valence-corrected chi connectivity index (χ0v) is 15.2. The highest BCUT2D eigenvalue weighted by atomic mass is 15.0. The van der Waals surface area contributed by atoms with Gasteiger partial charge < -0.3 is 21.4 Å². The van der Waals surface area contributed by atoms with E-state index in [0.29, 0.717) is 18.7 Å². The van der Waals surface area contributed by atoms with Gasteiger partial charge in [-0.15, -0.1) is 0 Å². The van der Waals surface area contributed by atoms with Crippen LogP contribution in [-0.2, 0) is 12.8 Å². The lowest BCUT2D eigenvalue weighted by Gasteiger charge is -2.13. The fraction of sp³-hybridized carbons (Fsp3) is 0.0909. The van der Waals surface area contributed by atoms with Gasteiger partial charge in [0.2, 0.25) is 5.95 Å². The van der Waals surface area contributed by atoms with Gasteiger partial charge in [-0.3, -0.25) is 0 Å². The molecule has 0 bridgehead atoms. The number of fused-ring (bicyclic) bond motifs is 2. The van der Waals surface area contributed by atoms with Crippen molar-refractivity contribution in [2.24, 2.45) is 0 Å². The maximum Gasteiger partial charge on any atom is 0.222 e. The lowest BCUT2D eigenvalue weighted by Crippen LogP contribution is -2.10. The molecule has 0 aliphatic rings. The molecule has 3 aromatic heterocycles. The van der Waals surface area contributed by atoms with Gasteiger partial charge in [0, 0.05) is 41.8 Å². The molecule has 5 rings (SSSR count). The van der Waals surface area contributed by atoms with Crippen LogP contribution in [0.4, 0.5) is 11.8 Å². The van der Waals surface area contributed by atoms with E-state index in [-0.39, 0.29) is 5.95 Å². The van der Waals surface area contributed by atoms with Crippen molar-refractivity contribution in [3.63, 3.8) is 0 Å². The lowest BCUT2D eigenvalue weighted by molar-refractivity contribution is 0.982. The van der Waals surface area contributed by atoms with Crippen molar-refractivity contribution >= 4 is 33.6 Å². The van der Waals surface area contributed by atoms with Crippen LogP contribution in [0, 0.1) is 0 Å². The number of nitrogens with zero attached hydrogens (tertiary/aromatic N) is 2. The Balaban J connectivity index is 1.53. The molecule has 6 N–H and O–H groups in total. The molecular weight excluding hydrogens is 348 g/mol. The van der Waals surface area contributed by atoms with Crippen molar-refractivity contribution in [1.29, 1.82) is 0 Å². The quantitative estimate of drug-likeness (QED) is 0.387. The minimum atomic E-state index is 0.208. The summed E-state index contributed by atoms with van der Waals surface area (Å²) in [6, 6.07) is 16.8. The molecule has 0 aliphatic carbocycles. The van der Waals surface area contributed by atoms with Crippen LogP contribution >= 0.6 is 0 Å². The zero-order valence-electron chi connectivity index (χ0n) is 15.2. The predicted octanol–water partition coefficient (Wildman–Crippen LogP) is 3.79. The van der Waals surface area contributed by atoms with Crippen LogP contribution in [0.25, 0.3) is 21.8 Å². The zero-order chi connectivity index (χ0) is 19.1. The molecule has 0 fully saturated rings. The van der Waals surface area contributed by atoms with Crippen LogP contribution in [0.1, 0.15) is 22.4 Å². The number of nitrogen functional groups attached to an aromatic ring is 2. The fourth-order valence-electron chi connectivity index (χ4n) is 3.73. The summed E-state index contributed by atoms with van der Waals surface area (Å²) < 4.78 is 0. The second kappa shape index (κ2) is 6.42. The number of H-pyrrole nitrogens is 2. The SMILES string of the molecule is Nc1nc(N)c(Cc2ccc3[nH]ccc3c2)c(Cc2ccc3[nH]ccc3c2)n1. The number of nitrogens with one attached hydrogen (secondary N) is 2. The van der Waals surface area contributed by atoms with Crippen LogP contribution in [0.5, 0.6) is 0 Å². The van der Waals surface area contributed by atoms with Gasteiger partial charge in [0.1, 0.15) is 5.82 Å². The molecule has 0 radical (unpaired) electrons. The Morgan fingerprint density at radius 2 is 1.32 bits per heavy atom. The molecule has 0 atom stereocenters. The van der Waals surface area contributed by atoms with E-state index < -0.39 is 0 Å². The number of hydrogen-bond acceptors (Lipinski definition) is 4. The van der Waals surface area contributed by atoms with Gasteiger partial charge in [-0.25, -0.2) is 4.98 Å². The largest absolute Gasteiger partial charge is 0.383 e. The van der Waals surface area contributed by atoms with E-state index in [1.165, 1.54) is 10.8 Å². The van der Waals surface area contributed by atoms with Gasteiger partial charge in [0.15, 0.2) is 0 Å². The van der Waals surface area contributed by atoms with Gasteiger partial charge >= 0.3 is 0 Å². The summed E-state index contributed by atoms with van der Waals surface area (Å²) in [5.74, 6) is 0.652. The molecule has 0 saturated carbocycles. The highest BCUT2D eigenvalue weighted by Gasteiger charge is 2.14. The highest BCUT2D eigenvalue weighted by Crippen LogP contribution is 2.25. The van der Waals surface area contributed by atoms with Crippen molar-refractivity contribution in [3.05, 3.63) is 83.3 Å². The molecule has 2 aromatic carbocycles. The molecule has 3 heterocycles. The number of benzene rings is 2. The maximum atomic E-state index is 6.25. The smallest absolute Gasteiger partial charge is 0.222 e. The second-order valence-corrected chi connectivity index (χ2v) is 7.04. The van der Waals surface area contributed by atoms with E-state index in [1.807, 2.05) is 12.4 Å². The van der Waals surface area contributed by atoms with Crippen molar-refractivity contribution in [1.82, 2.24) is 19.9 Å². The standard InChI is InChI=1S/C22H20N6/c23-21-17(11-13-1-3-18-15(9-13)5-7-25-18)20(27-22(24)28-21)12-14-2-4-19-16(10-14)6-8-26-19/h1-10,25-26H,11-12H2,(H4,23,24,27,28). The molecule has 0 amide bonds. The monoisotopic (exact) mass is 368 g/mol. The Labute approximate surface area is 161 Å². The van der Waals surface area contributed by atoms with E-state index >= 15 is 0 Å². The molecule has 0 saturated heterocycles. The first-order valence-corrected chi connectivity index (χ1v) is 9.18. The molecule has 6 nitrogen and oxygen atoms in total. The van der Waals surface area contributed by atoms with Gasteiger partial charge in [-0.05, 0) is 58.3 Å². The first kappa shape index (κ1) is 16.4. The third-order valence-corrected chi connectivity index (χ3v) is 5.13. The van der Waals surface area contributed by atoms with Crippen molar-refractivity contribution in [2.75, 3.05) is 11.5 Å². The van der Waals surface area contributed by atoms with E-state index in [4.69, 9.17) is 11.5 Å². The van der Waals surface area contributed by atoms with Crippen molar-refractivity contribution < 1.29 is 0 Å². The van der Waals surface area contributed by atoms with Gasteiger partial charge in [-0.2, -0.15) is 4.98 Å². The average molecular weight is 368 g/mol. The second-order valence-electron chi connectivity index (χ2n) is 7.04. The fourth-order valence-corrected chi connectivity index (χ4v) is 3.73. The summed E-state index contributed by atoms with van der Waals surface area (Å²) in [6.07, 6.45) is 5.20. The van der Waals surface area contributed by atoms with Crippen LogP contribution < -0.4 is 11.5 Å². The Morgan fingerprint density at radius 1 is 0.714 bits per heavy atom. The molecule has 138 valence electrons. The molecule has 0 unspecified atom stereocenters. The first-order chi connectivity index (χ1) is 13.7. The predicted molar refractivity (Wildman–Crippen MR) is 113 cm³/mol. The lowest BCUT2D eigenvalue weighted by atomic mass is 9.98. The third kappa shape index (κ3) is 2.95. The van der Waals surface area contributed by atoms with Crippen LogP contribution in [0.3, 0.4) is 0 Å². The molecule has 28 heavy (non-hydrogen) atoms. The van der Waals surface area contributed by atoms with E-state index in [2.05, 4.69) is 68.5 Å². The number of aromatic nitrogens is 4. The number of aromatic amines is 2. The van der Waals surface area contributed by atoms with Gasteiger partial charge in [0.25, 0.3) is 0 Å². The summed E-state index contributed by atoms with van der Waals surface area (Å²) in [6.45, 7) is 0. The summed E-state index contributed by atoms with van der Waals surface area (Å²) in [4.78, 5) is 15.2. The number of anilines is 2. The minimum Gasteiger partial charge on any atom is -0.383 e. The Bertz CT molecular complexity index is 1300. The molecular formula is C22H20N6. The minimum absolute atomic E-state index is 0.208. The van der Waals surface area contributed by atoms with E-state index in [9.17, 15) is 0 Å². The summed E-state index contributed by atoms with van der Waals surface area (Å²) in [5.41, 5.74) is 18.5. The normalized spacial score (nSPS) is 11.4. The van der Waals surface area contributed by atoms with Crippen molar-refractivity contribution in [2.45, 2.75) is 12.8 Å². The van der Waals surface area contributed by atoms with Crippen LogP contribution in [0.2, 0.25) is 0 Å². The average Bonchev–Trinajstić information content (AvgIpc) is 3.32. The van der Waals surface area contributed by atoms with E-state index in [0.717, 1.165) is 33.4 Å². The molecule has 6 heteroatoms. The summed E-state index contributed by atoms with van der Waals surface area (Å²) >= 11 is 0. The third-order valence-electron chi connectivity index (χ3n) is 5.13. The number of rotatable bonds is 4. The van der Waals surface area contributed by atoms with Crippen LogP contribution in [-0.4, -0.2) is 19.9 Å². The highest BCUT2D eigenvalue weighted by molar-refractivity contribution is 5.81. The molecule has 5 aromatic rings. The Morgan fingerprint density at radius 3 is 1.96 bits per heavy atom. The van der Waals surface area contributed by atoms with E-state index in [1.54, 1.807) is 0 Å². The van der Waals surface area contributed by atoms with Gasteiger partial charge in [-0.1, -0.05) is 12.1 Å². The molecule has 0 spiro atoms. The summed E-state index contributed by atoms with van der Waals surface area (Å²) in [7, 11) is 0. The Hall–Kier alpha value is -3.80. The maximum absolute atomic E-state index is 6.25. The topological polar surface area (TPSA) is 109 Å². The van der Waals surface area contributed by atoms with Crippen LogP contribution in [0.15, 0.2) is 60.9 Å².